The summed E-state index contributed by atoms with van der Waals surface area (Å²) in [7, 11) is 0. The summed E-state index contributed by atoms with van der Waals surface area (Å²) < 4.78 is 0. The Labute approximate surface area is 122 Å². The molecule has 0 saturated heterocycles. The second-order valence-electron chi connectivity index (χ2n) is 4.65. The van der Waals surface area contributed by atoms with Gasteiger partial charge in [0.15, 0.2) is 0 Å². The molecule has 2 rings (SSSR count). The van der Waals surface area contributed by atoms with Crippen molar-refractivity contribution in [2.45, 2.75) is 25.8 Å². The summed E-state index contributed by atoms with van der Waals surface area (Å²) in [4.78, 5) is 11.6. The highest BCUT2D eigenvalue weighted by molar-refractivity contribution is 7.10. The summed E-state index contributed by atoms with van der Waals surface area (Å²) in [5.41, 5.74) is 1.25. The molecule has 1 N–H and O–H groups in total. The molecule has 0 aliphatic heterocycles. The van der Waals surface area contributed by atoms with Gasteiger partial charge in [-0.15, -0.1) is 11.3 Å². The van der Waals surface area contributed by atoms with E-state index < -0.39 is 0 Å². The third kappa shape index (κ3) is 3.88. The fourth-order valence-electron chi connectivity index (χ4n) is 2.07. The van der Waals surface area contributed by atoms with Gasteiger partial charge in [0.1, 0.15) is 0 Å². The number of nitro benzene ring substituents is 1. The number of non-ortho nitro benzene ring substituents is 1. The molecule has 0 spiro atoms. The van der Waals surface area contributed by atoms with Crippen LogP contribution >= 0.6 is 11.3 Å². The molecule has 0 saturated carbocycles. The Kier molecular flexibility index (Phi) is 5.26. The maximum absolute atomic E-state index is 10.7. The van der Waals surface area contributed by atoms with Crippen molar-refractivity contribution < 1.29 is 4.92 Å². The van der Waals surface area contributed by atoms with E-state index in [0.717, 1.165) is 24.9 Å². The first-order valence-electron chi connectivity index (χ1n) is 6.71. The molecular formula is C15H18N2O2S. The Balaban J connectivity index is 2.09. The summed E-state index contributed by atoms with van der Waals surface area (Å²) in [5, 5.41) is 16.3. The van der Waals surface area contributed by atoms with Crippen LogP contribution in [0, 0.1) is 10.1 Å². The fourth-order valence-corrected chi connectivity index (χ4v) is 2.87. The van der Waals surface area contributed by atoms with Gasteiger partial charge < -0.3 is 5.32 Å². The smallest absolute Gasteiger partial charge is 0.269 e. The van der Waals surface area contributed by atoms with E-state index in [4.69, 9.17) is 0 Å². The van der Waals surface area contributed by atoms with Crippen molar-refractivity contribution in [3.05, 3.63) is 62.3 Å². The Morgan fingerprint density at radius 3 is 2.60 bits per heavy atom. The number of nitrogens with one attached hydrogen (secondary N) is 1. The van der Waals surface area contributed by atoms with Crippen molar-refractivity contribution in [1.82, 2.24) is 5.32 Å². The number of hydrogen-bond donors (Lipinski definition) is 1. The molecule has 2 aromatic rings. The first-order valence-corrected chi connectivity index (χ1v) is 7.58. The van der Waals surface area contributed by atoms with Gasteiger partial charge in [-0.2, -0.15) is 0 Å². The van der Waals surface area contributed by atoms with Gasteiger partial charge in [-0.05, 0) is 36.4 Å². The highest BCUT2D eigenvalue weighted by Gasteiger charge is 2.13. The molecule has 0 bridgehead atoms. The molecule has 0 amide bonds. The van der Waals surface area contributed by atoms with Crippen LogP contribution < -0.4 is 5.32 Å². The second-order valence-corrected chi connectivity index (χ2v) is 5.63. The molecule has 106 valence electrons. The number of rotatable bonds is 7. The first kappa shape index (κ1) is 14.7. The van der Waals surface area contributed by atoms with Crippen LogP contribution in [0.2, 0.25) is 0 Å². The standard InChI is InChI=1S/C15H18N2O2S/c1-2-9-16-14(15-4-3-10-20-15)11-12-5-7-13(8-6-12)17(18)19/h3-8,10,14,16H,2,9,11H2,1H3. The van der Waals surface area contributed by atoms with Crippen LogP contribution in [0.4, 0.5) is 5.69 Å². The van der Waals surface area contributed by atoms with E-state index in [1.54, 1.807) is 23.5 Å². The van der Waals surface area contributed by atoms with Gasteiger partial charge in [0, 0.05) is 23.1 Å². The normalized spacial score (nSPS) is 12.2. The topological polar surface area (TPSA) is 55.2 Å². The lowest BCUT2D eigenvalue weighted by Crippen LogP contribution is -2.23. The molecule has 20 heavy (non-hydrogen) atoms. The molecule has 1 atom stereocenters. The zero-order chi connectivity index (χ0) is 14.4. The molecule has 1 heterocycles. The van der Waals surface area contributed by atoms with E-state index in [2.05, 4.69) is 29.8 Å². The van der Waals surface area contributed by atoms with Crippen LogP contribution in [0.3, 0.4) is 0 Å². The van der Waals surface area contributed by atoms with Crippen LogP contribution in [-0.2, 0) is 6.42 Å². The van der Waals surface area contributed by atoms with Crippen LogP contribution in [0.25, 0.3) is 0 Å². The van der Waals surface area contributed by atoms with Crippen molar-refractivity contribution in [3.8, 4) is 0 Å². The Hall–Kier alpha value is -1.72. The van der Waals surface area contributed by atoms with Crippen LogP contribution in [0.1, 0.15) is 29.8 Å². The van der Waals surface area contributed by atoms with Crippen LogP contribution in [0.5, 0.6) is 0 Å². The third-order valence-corrected chi connectivity index (χ3v) is 4.10. The molecule has 0 aliphatic carbocycles. The third-order valence-electron chi connectivity index (χ3n) is 3.11. The van der Waals surface area contributed by atoms with Crippen molar-refractivity contribution >= 4 is 17.0 Å². The van der Waals surface area contributed by atoms with Crippen LogP contribution in [-0.4, -0.2) is 11.5 Å². The molecule has 1 unspecified atom stereocenters. The van der Waals surface area contributed by atoms with E-state index >= 15 is 0 Å². The summed E-state index contributed by atoms with van der Waals surface area (Å²) in [6.45, 7) is 3.11. The van der Waals surface area contributed by atoms with Gasteiger partial charge in [-0.3, -0.25) is 10.1 Å². The lowest BCUT2D eigenvalue weighted by molar-refractivity contribution is -0.384. The van der Waals surface area contributed by atoms with Gasteiger partial charge >= 0.3 is 0 Å². The molecule has 5 heteroatoms. The number of nitro groups is 1. The highest BCUT2D eigenvalue weighted by Crippen LogP contribution is 2.24. The summed E-state index contributed by atoms with van der Waals surface area (Å²) in [5.74, 6) is 0. The zero-order valence-electron chi connectivity index (χ0n) is 11.4. The van der Waals surface area contributed by atoms with Gasteiger partial charge in [-0.25, -0.2) is 0 Å². The minimum Gasteiger partial charge on any atom is -0.309 e. The maximum atomic E-state index is 10.7. The quantitative estimate of drug-likeness (QED) is 0.620. The first-order chi connectivity index (χ1) is 9.70. The molecule has 0 radical (unpaired) electrons. The summed E-state index contributed by atoms with van der Waals surface area (Å²) >= 11 is 1.74. The number of benzene rings is 1. The molecule has 0 fully saturated rings. The average molecular weight is 290 g/mol. The maximum Gasteiger partial charge on any atom is 0.269 e. The van der Waals surface area contributed by atoms with Crippen LogP contribution in [0.15, 0.2) is 41.8 Å². The lowest BCUT2D eigenvalue weighted by atomic mass is 10.0. The monoisotopic (exact) mass is 290 g/mol. The molecule has 0 aliphatic rings. The SMILES string of the molecule is CCCNC(Cc1ccc([N+](=O)[O-])cc1)c1cccs1. The van der Waals surface area contributed by atoms with E-state index in [-0.39, 0.29) is 16.7 Å². The van der Waals surface area contributed by atoms with Gasteiger partial charge in [0.05, 0.1) is 4.92 Å². The summed E-state index contributed by atoms with van der Waals surface area (Å²) in [6.07, 6.45) is 1.93. The predicted octanol–water partition coefficient (Wildman–Crippen LogP) is 3.94. The van der Waals surface area contributed by atoms with Crippen molar-refractivity contribution in [1.29, 1.82) is 0 Å². The van der Waals surface area contributed by atoms with E-state index in [0.29, 0.717) is 0 Å². The summed E-state index contributed by atoms with van der Waals surface area (Å²) in [6, 6.07) is 11.3. The largest absolute Gasteiger partial charge is 0.309 e. The number of nitrogens with zero attached hydrogens (tertiary/aromatic N) is 1. The van der Waals surface area contributed by atoms with E-state index in [1.807, 2.05) is 12.1 Å². The van der Waals surface area contributed by atoms with Crippen molar-refractivity contribution in [3.63, 3.8) is 0 Å². The lowest BCUT2D eigenvalue weighted by Gasteiger charge is -2.17. The van der Waals surface area contributed by atoms with Crippen molar-refractivity contribution in [2.24, 2.45) is 0 Å². The van der Waals surface area contributed by atoms with Gasteiger partial charge in [0.2, 0.25) is 0 Å². The van der Waals surface area contributed by atoms with E-state index in [9.17, 15) is 10.1 Å². The number of thiophene rings is 1. The Morgan fingerprint density at radius 2 is 2.05 bits per heavy atom. The predicted molar refractivity (Wildman–Crippen MR) is 82.2 cm³/mol. The second kappa shape index (κ2) is 7.17. The Bertz CT molecular complexity index is 538. The minimum absolute atomic E-state index is 0.142. The average Bonchev–Trinajstić information content (AvgIpc) is 2.98. The fraction of sp³-hybridized carbons (Fsp3) is 0.333. The van der Waals surface area contributed by atoms with E-state index in [1.165, 1.54) is 4.88 Å². The van der Waals surface area contributed by atoms with Gasteiger partial charge in [0.25, 0.3) is 5.69 Å². The van der Waals surface area contributed by atoms with Crippen molar-refractivity contribution in [2.75, 3.05) is 6.54 Å². The molecule has 1 aromatic heterocycles. The molecular weight excluding hydrogens is 272 g/mol. The van der Waals surface area contributed by atoms with Gasteiger partial charge in [-0.1, -0.05) is 25.1 Å². The Morgan fingerprint density at radius 1 is 1.30 bits per heavy atom. The molecule has 4 nitrogen and oxygen atoms in total. The number of hydrogen-bond acceptors (Lipinski definition) is 4. The zero-order valence-corrected chi connectivity index (χ0v) is 12.2. The highest BCUT2D eigenvalue weighted by atomic mass is 32.1. The molecule has 1 aromatic carbocycles. The minimum atomic E-state index is -0.365.